The molecule has 14 heavy (non-hydrogen) atoms. The number of rotatable bonds is 5. The predicted molar refractivity (Wildman–Crippen MR) is 66.1 cm³/mol. The van der Waals surface area contributed by atoms with Crippen LogP contribution in [0.1, 0.15) is 0 Å². The Morgan fingerprint density at radius 2 is 1.36 bits per heavy atom. The first kappa shape index (κ1) is 17.0. The molecule has 0 aromatic carbocycles. The first-order valence-electron chi connectivity index (χ1n) is 4.68. The molecule has 0 aromatic rings. The molecule has 0 N–H and O–H groups in total. The van der Waals surface area contributed by atoms with Gasteiger partial charge in [0.1, 0.15) is 0 Å². The van der Waals surface area contributed by atoms with Gasteiger partial charge in [0.25, 0.3) is 0 Å². The Bertz CT molecular complexity index is 189. The second kappa shape index (κ2) is 6.21. The Morgan fingerprint density at radius 1 is 1.00 bits per heavy atom. The Kier molecular flexibility index (Phi) is 7.53. The van der Waals surface area contributed by atoms with Crippen LogP contribution in [-0.4, -0.2) is 16.6 Å². The van der Waals surface area contributed by atoms with Gasteiger partial charge in [0, 0.05) is 26.6 Å². The first-order chi connectivity index (χ1) is 5.73. The summed E-state index contributed by atoms with van der Waals surface area (Å²) in [6, 6.07) is 0. The molecule has 0 saturated carbocycles. The van der Waals surface area contributed by atoms with E-state index in [0.717, 1.165) is 0 Å². The van der Waals surface area contributed by atoms with Crippen molar-refractivity contribution in [2.45, 2.75) is 38.3 Å². The van der Waals surface area contributed by atoms with Gasteiger partial charge in [0.2, 0.25) is 0 Å². The van der Waals surface area contributed by atoms with Crippen molar-refractivity contribution < 1.29 is 25.2 Å². The second-order valence-electron chi connectivity index (χ2n) is 4.82. The molecule has 0 aliphatic rings. The van der Waals surface area contributed by atoms with Gasteiger partial charge in [-0.3, -0.25) is 0 Å². The normalized spacial score (nSPS) is 12.1. The third-order valence-corrected chi connectivity index (χ3v) is 8.51. The standard InChI is InChI=1S/C10H22OSi2.Pt/c1-8-10(9-2)13(6,7)11-12(3,4)5;/h8-10H,1-2H2,3-7H3;. The summed E-state index contributed by atoms with van der Waals surface area (Å²) in [7, 11) is -3.06. The van der Waals surface area contributed by atoms with Crippen molar-refractivity contribution in [1.82, 2.24) is 0 Å². The third kappa shape index (κ3) is 6.12. The van der Waals surface area contributed by atoms with E-state index in [1.807, 2.05) is 12.2 Å². The van der Waals surface area contributed by atoms with E-state index in [4.69, 9.17) is 4.12 Å². The van der Waals surface area contributed by atoms with Gasteiger partial charge in [-0.05, 0) is 32.7 Å². The van der Waals surface area contributed by atoms with E-state index in [9.17, 15) is 0 Å². The summed E-state index contributed by atoms with van der Waals surface area (Å²) in [4.78, 5) is 0. The zero-order valence-electron chi connectivity index (χ0n) is 9.87. The molecular weight excluding hydrogens is 387 g/mol. The van der Waals surface area contributed by atoms with Gasteiger partial charge in [-0.1, -0.05) is 12.2 Å². The van der Waals surface area contributed by atoms with Crippen LogP contribution in [0.3, 0.4) is 0 Å². The zero-order chi connectivity index (χ0) is 10.7. The Balaban J connectivity index is 0. The monoisotopic (exact) mass is 409 g/mol. The molecule has 0 amide bonds. The van der Waals surface area contributed by atoms with Crippen molar-refractivity contribution in [3.63, 3.8) is 0 Å². The molecule has 0 atom stereocenters. The van der Waals surface area contributed by atoms with Crippen LogP contribution in [0.2, 0.25) is 38.3 Å². The van der Waals surface area contributed by atoms with Crippen molar-refractivity contribution in [2.24, 2.45) is 0 Å². The molecule has 0 fully saturated rings. The van der Waals surface area contributed by atoms with E-state index in [0.29, 0.717) is 5.54 Å². The van der Waals surface area contributed by atoms with E-state index in [-0.39, 0.29) is 21.1 Å². The summed E-state index contributed by atoms with van der Waals surface area (Å²) in [5.41, 5.74) is 0.360. The zero-order valence-corrected chi connectivity index (χ0v) is 14.1. The first-order valence-corrected chi connectivity index (χ1v) is 11.1. The molecule has 0 radical (unpaired) electrons. The molecule has 0 heterocycles. The molecule has 0 spiro atoms. The van der Waals surface area contributed by atoms with E-state index in [2.05, 4.69) is 45.9 Å². The Hall–Kier alpha value is 0.562. The van der Waals surface area contributed by atoms with Crippen LogP contribution in [0.4, 0.5) is 0 Å². The molecule has 4 heteroatoms. The fourth-order valence-corrected chi connectivity index (χ4v) is 9.51. The summed E-state index contributed by atoms with van der Waals surface area (Å²) in [5.74, 6) is 0. The van der Waals surface area contributed by atoms with Gasteiger partial charge in [-0.2, -0.15) is 0 Å². The van der Waals surface area contributed by atoms with E-state index in [1.165, 1.54) is 0 Å². The van der Waals surface area contributed by atoms with Crippen LogP contribution < -0.4 is 0 Å². The molecule has 86 valence electrons. The molecule has 0 aliphatic heterocycles. The van der Waals surface area contributed by atoms with Crippen LogP contribution in [0.25, 0.3) is 0 Å². The Labute approximate surface area is 105 Å². The molecule has 0 saturated heterocycles. The van der Waals surface area contributed by atoms with Crippen molar-refractivity contribution in [1.29, 1.82) is 0 Å². The quantitative estimate of drug-likeness (QED) is 0.496. The summed E-state index contributed by atoms with van der Waals surface area (Å²) in [6.45, 7) is 18.8. The maximum absolute atomic E-state index is 6.20. The van der Waals surface area contributed by atoms with Crippen molar-refractivity contribution in [3.05, 3.63) is 25.3 Å². The van der Waals surface area contributed by atoms with Crippen molar-refractivity contribution in [2.75, 3.05) is 0 Å². The smallest absolute Gasteiger partial charge is 0.184 e. The van der Waals surface area contributed by atoms with E-state index >= 15 is 0 Å². The van der Waals surface area contributed by atoms with Gasteiger partial charge in [-0.15, -0.1) is 13.2 Å². The van der Waals surface area contributed by atoms with Crippen LogP contribution in [0, 0.1) is 0 Å². The molecule has 0 rings (SSSR count). The third-order valence-electron chi connectivity index (χ3n) is 1.88. The maximum Gasteiger partial charge on any atom is 0.184 e. The molecule has 0 bridgehead atoms. The molecular formula is C10H22OPtSi2. The van der Waals surface area contributed by atoms with Crippen LogP contribution >= 0.6 is 0 Å². The summed E-state index contributed by atoms with van der Waals surface area (Å²) >= 11 is 0. The van der Waals surface area contributed by atoms with Crippen molar-refractivity contribution >= 4 is 16.6 Å². The second-order valence-corrected chi connectivity index (χ2v) is 13.7. The summed E-state index contributed by atoms with van der Waals surface area (Å²) in [5, 5.41) is 0. The largest absolute Gasteiger partial charge is 0.455 e. The van der Waals surface area contributed by atoms with Gasteiger partial charge in [0.05, 0.1) is 0 Å². The average molecular weight is 410 g/mol. The maximum atomic E-state index is 6.20. The van der Waals surface area contributed by atoms with E-state index < -0.39 is 16.6 Å². The topological polar surface area (TPSA) is 9.23 Å². The average Bonchev–Trinajstić information content (AvgIpc) is 1.83. The van der Waals surface area contributed by atoms with Gasteiger partial charge in [0.15, 0.2) is 16.6 Å². The molecule has 0 aromatic heterocycles. The summed E-state index contributed by atoms with van der Waals surface area (Å²) in [6.07, 6.45) is 3.92. The minimum Gasteiger partial charge on any atom is -0.455 e. The number of allylic oxidation sites excluding steroid dienone is 2. The molecule has 0 unspecified atom stereocenters. The fourth-order valence-electron chi connectivity index (χ4n) is 1.52. The minimum atomic E-state index is -1.64. The van der Waals surface area contributed by atoms with Crippen LogP contribution in [0.5, 0.6) is 0 Å². The number of hydrogen-bond acceptors (Lipinski definition) is 1. The summed E-state index contributed by atoms with van der Waals surface area (Å²) < 4.78 is 6.20. The predicted octanol–water partition coefficient (Wildman–Crippen LogP) is 3.78. The molecule has 1 nitrogen and oxygen atoms in total. The molecule has 0 aliphatic carbocycles. The van der Waals surface area contributed by atoms with Crippen LogP contribution in [0.15, 0.2) is 25.3 Å². The van der Waals surface area contributed by atoms with Crippen LogP contribution in [-0.2, 0) is 25.2 Å². The minimum absolute atomic E-state index is 0. The number of hydrogen-bond donors (Lipinski definition) is 0. The SMILES string of the molecule is C=CC(C=C)[Si](C)(C)O[Si](C)(C)C.[Pt]. The van der Waals surface area contributed by atoms with Crippen molar-refractivity contribution in [3.8, 4) is 0 Å². The van der Waals surface area contributed by atoms with Gasteiger partial charge < -0.3 is 4.12 Å². The van der Waals surface area contributed by atoms with Gasteiger partial charge in [-0.25, -0.2) is 0 Å². The van der Waals surface area contributed by atoms with Gasteiger partial charge >= 0.3 is 0 Å². The fraction of sp³-hybridized carbons (Fsp3) is 0.600. The van der Waals surface area contributed by atoms with E-state index in [1.54, 1.807) is 0 Å². The Morgan fingerprint density at radius 3 is 1.57 bits per heavy atom.